The Morgan fingerprint density at radius 2 is 1.80 bits per heavy atom. The lowest BCUT2D eigenvalue weighted by Gasteiger charge is -2.31. The van der Waals surface area contributed by atoms with Crippen LogP contribution < -0.4 is 15.5 Å². The summed E-state index contributed by atoms with van der Waals surface area (Å²) < 4.78 is 6.51. The molecular formula is C21H29N5O3S. The maximum absolute atomic E-state index is 12.1. The van der Waals surface area contributed by atoms with Crippen LogP contribution in [0.25, 0.3) is 10.2 Å². The Morgan fingerprint density at radius 1 is 1.07 bits per heavy atom. The van der Waals surface area contributed by atoms with Crippen LogP contribution in [-0.4, -0.2) is 80.7 Å². The van der Waals surface area contributed by atoms with E-state index in [2.05, 4.69) is 26.5 Å². The monoisotopic (exact) mass is 431 g/mol. The number of amides is 2. The number of aromatic nitrogens is 1. The molecule has 8 nitrogen and oxygen atoms in total. The standard InChI is InChI=1S/C21H29N5O3S/c27-19(22-7-10-25-11-13-29-14-12-25)20(28)23-15-16-5-8-26(9-6-16)21-24-17-3-1-2-4-18(17)30-21/h1-4,16H,5-15H2,(H,22,27)(H,23,28). The molecule has 1 aromatic carbocycles. The Labute approximate surface area is 180 Å². The van der Waals surface area contributed by atoms with E-state index in [1.54, 1.807) is 11.3 Å². The number of nitrogens with zero attached hydrogens (tertiary/aromatic N) is 3. The Kier molecular flexibility index (Phi) is 7.14. The molecule has 1 aromatic heterocycles. The smallest absolute Gasteiger partial charge is 0.309 e. The molecule has 2 aromatic rings. The van der Waals surface area contributed by atoms with Gasteiger partial charge in [0.15, 0.2) is 5.13 Å². The van der Waals surface area contributed by atoms with Crippen molar-refractivity contribution in [2.24, 2.45) is 5.92 Å². The zero-order valence-electron chi connectivity index (χ0n) is 17.1. The number of ether oxygens (including phenoxy) is 1. The van der Waals surface area contributed by atoms with Crippen molar-refractivity contribution >= 4 is 38.5 Å². The van der Waals surface area contributed by atoms with Crippen LogP contribution in [0.3, 0.4) is 0 Å². The van der Waals surface area contributed by atoms with Crippen LogP contribution in [0.5, 0.6) is 0 Å². The van der Waals surface area contributed by atoms with Gasteiger partial charge in [-0.05, 0) is 30.9 Å². The first-order valence-electron chi connectivity index (χ1n) is 10.7. The first-order chi connectivity index (χ1) is 14.7. The van der Waals surface area contributed by atoms with E-state index < -0.39 is 11.8 Å². The molecule has 2 saturated heterocycles. The highest BCUT2D eigenvalue weighted by Crippen LogP contribution is 2.31. The van der Waals surface area contributed by atoms with E-state index in [4.69, 9.17) is 9.72 Å². The maximum Gasteiger partial charge on any atom is 0.309 e. The van der Waals surface area contributed by atoms with Gasteiger partial charge in [0.2, 0.25) is 0 Å². The molecule has 0 radical (unpaired) electrons. The van der Waals surface area contributed by atoms with Gasteiger partial charge >= 0.3 is 11.8 Å². The second-order valence-corrected chi connectivity index (χ2v) is 8.82. The van der Waals surface area contributed by atoms with Gasteiger partial charge < -0.3 is 20.3 Å². The van der Waals surface area contributed by atoms with Crippen molar-refractivity contribution in [3.05, 3.63) is 24.3 Å². The number of carbonyl (C=O) groups excluding carboxylic acids is 2. The number of carbonyl (C=O) groups is 2. The fourth-order valence-corrected chi connectivity index (χ4v) is 4.89. The molecule has 9 heteroatoms. The van der Waals surface area contributed by atoms with E-state index in [9.17, 15) is 9.59 Å². The van der Waals surface area contributed by atoms with E-state index >= 15 is 0 Å². The summed E-state index contributed by atoms with van der Waals surface area (Å²) in [5.41, 5.74) is 1.05. The fraction of sp³-hybridized carbons (Fsp3) is 0.571. The molecule has 30 heavy (non-hydrogen) atoms. The largest absolute Gasteiger partial charge is 0.379 e. The summed E-state index contributed by atoms with van der Waals surface area (Å²) in [5.74, 6) is -0.693. The summed E-state index contributed by atoms with van der Waals surface area (Å²) in [6.45, 7) is 6.81. The third-order valence-corrected chi connectivity index (χ3v) is 6.84. The summed E-state index contributed by atoms with van der Waals surface area (Å²) in [4.78, 5) is 33.4. The quantitative estimate of drug-likeness (QED) is 0.666. The zero-order chi connectivity index (χ0) is 20.8. The van der Waals surface area contributed by atoms with Crippen molar-refractivity contribution in [1.29, 1.82) is 0 Å². The van der Waals surface area contributed by atoms with Crippen LogP contribution in [0, 0.1) is 5.92 Å². The third kappa shape index (κ3) is 5.47. The van der Waals surface area contributed by atoms with Gasteiger partial charge in [0, 0.05) is 45.8 Å². The number of nitrogens with one attached hydrogen (secondary N) is 2. The van der Waals surface area contributed by atoms with Gasteiger partial charge in [-0.2, -0.15) is 0 Å². The second-order valence-electron chi connectivity index (χ2n) is 7.81. The van der Waals surface area contributed by atoms with Gasteiger partial charge in [-0.15, -0.1) is 0 Å². The van der Waals surface area contributed by atoms with Gasteiger partial charge in [-0.1, -0.05) is 23.5 Å². The lowest BCUT2D eigenvalue weighted by atomic mass is 9.97. The predicted molar refractivity (Wildman–Crippen MR) is 118 cm³/mol. The molecule has 0 aliphatic carbocycles. The van der Waals surface area contributed by atoms with Gasteiger partial charge in [0.1, 0.15) is 0 Å². The third-order valence-electron chi connectivity index (χ3n) is 5.74. The number of piperidine rings is 1. The van der Waals surface area contributed by atoms with Crippen molar-refractivity contribution in [2.75, 3.05) is 63.9 Å². The molecule has 2 aliphatic heterocycles. The van der Waals surface area contributed by atoms with E-state index in [1.165, 1.54) is 4.70 Å². The van der Waals surface area contributed by atoms with Crippen molar-refractivity contribution in [3.8, 4) is 0 Å². The Morgan fingerprint density at radius 3 is 2.57 bits per heavy atom. The number of para-hydroxylation sites is 1. The minimum absolute atomic E-state index is 0.390. The molecular weight excluding hydrogens is 402 g/mol. The molecule has 3 heterocycles. The molecule has 2 fully saturated rings. The summed E-state index contributed by atoms with van der Waals surface area (Å²) in [6.07, 6.45) is 1.96. The average molecular weight is 432 g/mol. The number of thiazole rings is 1. The first kappa shape index (κ1) is 21.0. The zero-order valence-corrected chi connectivity index (χ0v) is 18.0. The summed E-state index contributed by atoms with van der Waals surface area (Å²) >= 11 is 1.73. The van der Waals surface area contributed by atoms with Gasteiger partial charge in [-0.3, -0.25) is 14.5 Å². The van der Waals surface area contributed by atoms with Crippen molar-refractivity contribution in [3.63, 3.8) is 0 Å². The normalized spacial score (nSPS) is 18.5. The van der Waals surface area contributed by atoms with Crippen LogP contribution >= 0.6 is 11.3 Å². The number of anilines is 1. The molecule has 2 amide bonds. The number of rotatable bonds is 6. The Hall–Kier alpha value is -2.23. The molecule has 2 N–H and O–H groups in total. The minimum atomic E-state index is -0.546. The highest BCUT2D eigenvalue weighted by molar-refractivity contribution is 7.22. The Balaban J connectivity index is 1.14. The van der Waals surface area contributed by atoms with Gasteiger partial charge in [0.25, 0.3) is 0 Å². The maximum atomic E-state index is 12.1. The molecule has 0 bridgehead atoms. The summed E-state index contributed by atoms with van der Waals surface area (Å²) in [5, 5.41) is 6.58. The van der Waals surface area contributed by atoms with Crippen LogP contribution in [0.2, 0.25) is 0 Å². The lowest BCUT2D eigenvalue weighted by Crippen LogP contribution is -2.46. The van der Waals surface area contributed by atoms with E-state index in [0.29, 0.717) is 19.0 Å². The molecule has 0 spiro atoms. The molecule has 162 valence electrons. The summed E-state index contributed by atoms with van der Waals surface area (Å²) in [7, 11) is 0. The number of hydrogen-bond donors (Lipinski definition) is 2. The molecule has 4 rings (SSSR count). The number of fused-ring (bicyclic) bond motifs is 1. The predicted octanol–water partition coefficient (Wildman–Crippen LogP) is 1.08. The van der Waals surface area contributed by atoms with Gasteiger partial charge in [0.05, 0.1) is 23.4 Å². The lowest BCUT2D eigenvalue weighted by molar-refractivity contribution is -0.139. The highest BCUT2D eigenvalue weighted by Gasteiger charge is 2.23. The fourth-order valence-electron chi connectivity index (χ4n) is 3.87. The van der Waals surface area contributed by atoms with Crippen LogP contribution in [0.1, 0.15) is 12.8 Å². The van der Waals surface area contributed by atoms with Gasteiger partial charge in [-0.25, -0.2) is 4.98 Å². The highest BCUT2D eigenvalue weighted by atomic mass is 32.1. The van der Waals surface area contributed by atoms with Crippen molar-refractivity contribution in [1.82, 2.24) is 20.5 Å². The van der Waals surface area contributed by atoms with Crippen LogP contribution in [0.4, 0.5) is 5.13 Å². The molecule has 2 aliphatic rings. The SMILES string of the molecule is O=C(NCCN1CCOCC1)C(=O)NCC1CCN(c2nc3ccccc3s2)CC1. The van der Waals surface area contributed by atoms with E-state index in [1.807, 2.05) is 18.2 Å². The molecule has 0 saturated carbocycles. The second kappa shape index (κ2) is 10.2. The van der Waals surface area contributed by atoms with Crippen molar-refractivity contribution < 1.29 is 14.3 Å². The van der Waals surface area contributed by atoms with E-state index in [-0.39, 0.29) is 0 Å². The summed E-state index contributed by atoms with van der Waals surface area (Å²) in [6, 6.07) is 8.20. The minimum Gasteiger partial charge on any atom is -0.379 e. The number of morpholine rings is 1. The number of benzene rings is 1. The van der Waals surface area contributed by atoms with Crippen molar-refractivity contribution in [2.45, 2.75) is 12.8 Å². The van der Waals surface area contributed by atoms with E-state index in [0.717, 1.165) is 69.4 Å². The molecule has 0 unspecified atom stereocenters. The number of hydrogen-bond acceptors (Lipinski definition) is 7. The Bertz CT molecular complexity index is 826. The topological polar surface area (TPSA) is 86.8 Å². The van der Waals surface area contributed by atoms with Crippen LogP contribution in [0.15, 0.2) is 24.3 Å². The average Bonchev–Trinajstić information content (AvgIpc) is 3.23. The first-order valence-corrected chi connectivity index (χ1v) is 11.5. The van der Waals surface area contributed by atoms with Crippen LogP contribution in [-0.2, 0) is 14.3 Å². The molecule has 0 atom stereocenters.